The van der Waals surface area contributed by atoms with Crippen LogP contribution in [0.25, 0.3) is 0 Å². The highest BCUT2D eigenvalue weighted by Crippen LogP contribution is 2.15. The molecule has 0 bridgehead atoms. The summed E-state index contributed by atoms with van der Waals surface area (Å²) in [5.41, 5.74) is 2.34. The van der Waals surface area contributed by atoms with Crippen LogP contribution in [0.4, 0.5) is 0 Å². The normalized spacial score (nSPS) is 12.4. The molecule has 0 amide bonds. The van der Waals surface area contributed by atoms with Gasteiger partial charge in [-0.3, -0.25) is 4.68 Å². The standard InChI is InChI=1S/C11H17N3/c1-4-10-8-11(5-2)14(13-10)9(3)6-7-12/h8-9H,4-6H2,1-3H3. The van der Waals surface area contributed by atoms with E-state index in [1.807, 2.05) is 11.6 Å². The largest absolute Gasteiger partial charge is 0.266 e. The van der Waals surface area contributed by atoms with Crippen molar-refractivity contribution in [2.24, 2.45) is 0 Å². The molecule has 0 saturated carbocycles. The Morgan fingerprint density at radius 2 is 2.21 bits per heavy atom. The van der Waals surface area contributed by atoms with Crippen LogP contribution in [0.3, 0.4) is 0 Å². The topological polar surface area (TPSA) is 41.6 Å². The van der Waals surface area contributed by atoms with Gasteiger partial charge in [0.25, 0.3) is 0 Å². The van der Waals surface area contributed by atoms with Crippen LogP contribution in [0.5, 0.6) is 0 Å². The molecule has 1 unspecified atom stereocenters. The van der Waals surface area contributed by atoms with Gasteiger partial charge in [-0.25, -0.2) is 0 Å². The molecule has 1 atom stereocenters. The lowest BCUT2D eigenvalue weighted by molar-refractivity contribution is 0.478. The zero-order valence-electron chi connectivity index (χ0n) is 9.12. The van der Waals surface area contributed by atoms with Gasteiger partial charge in [0.15, 0.2) is 0 Å². The van der Waals surface area contributed by atoms with Crippen molar-refractivity contribution in [3.05, 3.63) is 17.5 Å². The first-order valence-corrected chi connectivity index (χ1v) is 5.17. The van der Waals surface area contributed by atoms with E-state index in [1.165, 1.54) is 5.69 Å². The van der Waals surface area contributed by atoms with Gasteiger partial charge in [-0.1, -0.05) is 13.8 Å². The predicted octanol–water partition coefficient (Wildman–Crippen LogP) is 2.48. The van der Waals surface area contributed by atoms with E-state index in [9.17, 15) is 0 Å². The van der Waals surface area contributed by atoms with Crippen molar-refractivity contribution in [2.75, 3.05) is 0 Å². The van der Waals surface area contributed by atoms with Gasteiger partial charge >= 0.3 is 0 Å². The minimum absolute atomic E-state index is 0.190. The van der Waals surface area contributed by atoms with Crippen LogP contribution in [0.1, 0.15) is 44.6 Å². The molecule has 14 heavy (non-hydrogen) atoms. The van der Waals surface area contributed by atoms with Gasteiger partial charge in [0.05, 0.1) is 24.2 Å². The van der Waals surface area contributed by atoms with Crippen molar-refractivity contribution in [1.29, 1.82) is 5.26 Å². The van der Waals surface area contributed by atoms with E-state index in [-0.39, 0.29) is 6.04 Å². The molecule has 1 aromatic rings. The summed E-state index contributed by atoms with van der Waals surface area (Å²) in [6.45, 7) is 6.25. The number of hydrogen-bond acceptors (Lipinski definition) is 2. The molecule has 0 spiro atoms. The fourth-order valence-electron chi connectivity index (χ4n) is 1.53. The molecule has 0 saturated heterocycles. The fraction of sp³-hybridized carbons (Fsp3) is 0.636. The van der Waals surface area contributed by atoms with Crippen molar-refractivity contribution >= 4 is 0 Å². The molecule has 1 heterocycles. The minimum atomic E-state index is 0.190. The molecular weight excluding hydrogens is 174 g/mol. The molecule has 3 heteroatoms. The molecule has 0 fully saturated rings. The van der Waals surface area contributed by atoms with Gasteiger partial charge < -0.3 is 0 Å². The quantitative estimate of drug-likeness (QED) is 0.733. The van der Waals surface area contributed by atoms with E-state index in [0.29, 0.717) is 6.42 Å². The van der Waals surface area contributed by atoms with Gasteiger partial charge in [0.2, 0.25) is 0 Å². The third-order valence-corrected chi connectivity index (χ3v) is 2.39. The van der Waals surface area contributed by atoms with E-state index >= 15 is 0 Å². The Bertz CT molecular complexity index is 333. The molecule has 0 aromatic carbocycles. The third kappa shape index (κ3) is 2.14. The van der Waals surface area contributed by atoms with E-state index in [2.05, 4.69) is 31.1 Å². The monoisotopic (exact) mass is 191 g/mol. The second kappa shape index (κ2) is 4.80. The molecule has 0 aliphatic carbocycles. The maximum absolute atomic E-state index is 8.63. The lowest BCUT2D eigenvalue weighted by atomic mass is 10.2. The van der Waals surface area contributed by atoms with Crippen molar-refractivity contribution in [3.8, 4) is 6.07 Å². The van der Waals surface area contributed by atoms with E-state index < -0.39 is 0 Å². The average Bonchev–Trinajstić information content (AvgIpc) is 2.61. The maximum atomic E-state index is 8.63. The van der Waals surface area contributed by atoms with Crippen molar-refractivity contribution in [1.82, 2.24) is 9.78 Å². The van der Waals surface area contributed by atoms with Crippen molar-refractivity contribution in [3.63, 3.8) is 0 Å². The Morgan fingerprint density at radius 1 is 1.50 bits per heavy atom. The van der Waals surface area contributed by atoms with Crippen LogP contribution in [0, 0.1) is 11.3 Å². The summed E-state index contributed by atoms with van der Waals surface area (Å²) < 4.78 is 1.99. The Balaban J connectivity index is 2.94. The smallest absolute Gasteiger partial charge is 0.0644 e. The van der Waals surface area contributed by atoms with Gasteiger partial charge in [-0.2, -0.15) is 10.4 Å². The number of aromatic nitrogens is 2. The number of nitrogens with zero attached hydrogens (tertiary/aromatic N) is 3. The SMILES string of the molecule is CCc1cc(CC)n(C(C)CC#N)n1. The zero-order chi connectivity index (χ0) is 10.6. The van der Waals surface area contributed by atoms with Crippen LogP contribution in [0.2, 0.25) is 0 Å². The third-order valence-electron chi connectivity index (χ3n) is 2.39. The Kier molecular flexibility index (Phi) is 3.70. The van der Waals surface area contributed by atoms with Gasteiger partial charge in [-0.15, -0.1) is 0 Å². The van der Waals surface area contributed by atoms with Gasteiger partial charge in [0, 0.05) is 5.69 Å². The lowest BCUT2D eigenvalue weighted by Gasteiger charge is -2.11. The molecule has 0 N–H and O–H groups in total. The summed E-state index contributed by atoms with van der Waals surface area (Å²) in [6.07, 6.45) is 2.46. The summed E-state index contributed by atoms with van der Waals surface area (Å²) in [6, 6.07) is 4.51. The second-order valence-electron chi connectivity index (χ2n) is 3.49. The van der Waals surface area contributed by atoms with E-state index in [4.69, 9.17) is 5.26 Å². The van der Waals surface area contributed by atoms with Crippen molar-refractivity contribution < 1.29 is 0 Å². The number of rotatable bonds is 4. The van der Waals surface area contributed by atoms with Crippen LogP contribution >= 0.6 is 0 Å². The van der Waals surface area contributed by atoms with Crippen LogP contribution in [-0.4, -0.2) is 9.78 Å². The molecule has 0 aliphatic rings. The van der Waals surface area contributed by atoms with E-state index in [1.54, 1.807) is 0 Å². The first-order chi connectivity index (χ1) is 6.72. The highest BCUT2D eigenvalue weighted by Gasteiger charge is 2.10. The first kappa shape index (κ1) is 10.8. The van der Waals surface area contributed by atoms with Gasteiger partial charge in [-0.05, 0) is 25.8 Å². The maximum Gasteiger partial charge on any atom is 0.0644 e. The number of aryl methyl sites for hydroxylation is 2. The summed E-state index contributed by atoms with van der Waals surface area (Å²) >= 11 is 0. The first-order valence-electron chi connectivity index (χ1n) is 5.17. The van der Waals surface area contributed by atoms with Crippen LogP contribution in [0.15, 0.2) is 6.07 Å². The highest BCUT2D eigenvalue weighted by atomic mass is 15.3. The molecule has 3 nitrogen and oxygen atoms in total. The minimum Gasteiger partial charge on any atom is -0.266 e. The summed E-state index contributed by atoms with van der Waals surface area (Å²) in [5, 5.41) is 13.1. The molecule has 1 aromatic heterocycles. The Morgan fingerprint density at radius 3 is 2.71 bits per heavy atom. The zero-order valence-corrected chi connectivity index (χ0v) is 9.12. The predicted molar refractivity (Wildman–Crippen MR) is 55.9 cm³/mol. The summed E-state index contributed by atoms with van der Waals surface area (Å²) in [7, 11) is 0. The van der Waals surface area contributed by atoms with Gasteiger partial charge in [0.1, 0.15) is 0 Å². The Labute approximate surface area is 85.4 Å². The second-order valence-corrected chi connectivity index (χ2v) is 3.49. The average molecular weight is 191 g/mol. The molecule has 0 aliphatic heterocycles. The van der Waals surface area contributed by atoms with Crippen LogP contribution in [-0.2, 0) is 12.8 Å². The molecule has 1 rings (SSSR count). The van der Waals surface area contributed by atoms with Crippen molar-refractivity contribution in [2.45, 2.75) is 46.1 Å². The number of nitriles is 1. The highest BCUT2D eigenvalue weighted by molar-refractivity contribution is 5.11. The number of hydrogen-bond donors (Lipinski definition) is 0. The summed E-state index contributed by atoms with van der Waals surface area (Å²) in [4.78, 5) is 0. The van der Waals surface area contributed by atoms with Crippen LogP contribution < -0.4 is 0 Å². The van der Waals surface area contributed by atoms with E-state index in [0.717, 1.165) is 18.5 Å². The molecular formula is C11H17N3. The Hall–Kier alpha value is -1.30. The molecule has 76 valence electrons. The summed E-state index contributed by atoms with van der Waals surface area (Å²) in [5.74, 6) is 0. The fourth-order valence-corrected chi connectivity index (χ4v) is 1.53. The lowest BCUT2D eigenvalue weighted by Crippen LogP contribution is -2.09. The molecule has 0 radical (unpaired) electrons.